The van der Waals surface area contributed by atoms with E-state index in [4.69, 9.17) is 0 Å². The molecule has 0 radical (unpaired) electrons. The average Bonchev–Trinajstić information content (AvgIpc) is 2.43. The maximum Gasteiger partial charge on any atom is 0.111 e. The molecule has 1 nitrogen and oxygen atoms in total. The maximum atomic E-state index is 4.16. The molecular formula is C7H7N. The number of nitrogens with zero attached hydrogens (tertiary/aromatic N) is 1. The molecule has 2 aliphatic rings. The van der Waals surface area contributed by atoms with Gasteiger partial charge in [-0.05, 0) is 13.0 Å². The first-order valence-electron chi connectivity index (χ1n) is 2.80. The summed E-state index contributed by atoms with van der Waals surface area (Å²) in [5.74, 6) is 0. The van der Waals surface area contributed by atoms with E-state index in [-0.39, 0.29) is 0 Å². The maximum absolute atomic E-state index is 4.16. The summed E-state index contributed by atoms with van der Waals surface area (Å²) in [6, 6.07) is 0.472. The zero-order valence-electron chi connectivity index (χ0n) is 4.76. The van der Waals surface area contributed by atoms with E-state index in [0.717, 1.165) is 0 Å². The van der Waals surface area contributed by atoms with Gasteiger partial charge in [-0.1, -0.05) is 17.7 Å². The highest BCUT2D eigenvalue weighted by Gasteiger charge is 2.23. The summed E-state index contributed by atoms with van der Waals surface area (Å²) in [5.41, 5.74) is 2.58. The van der Waals surface area contributed by atoms with Crippen LogP contribution in [0.2, 0.25) is 0 Å². The Labute approximate surface area is 48.4 Å². The second-order valence-electron chi connectivity index (χ2n) is 2.24. The van der Waals surface area contributed by atoms with Gasteiger partial charge in [0.25, 0.3) is 0 Å². The van der Waals surface area contributed by atoms with Crippen LogP contribution < -0.4 is 0 Å². The average molecular weight is 105 g/mol. The van der Waals surface area contributed by atoms with Gasteiger partial charge in [0.05, 0.1) is 5.71 Å². The molecule has 1 aliphatic carbocycles. The van der Waals surface area contributed by atoms with Crippen LogP contribution in [0, 0.1) is 0 Å². The minimum absolute atomic E-state index is 0.472. The number of fused-ring (bicyclic) bond motifs is 1. The fourth-order valence-electron chi connectivity index (χ4n) is 0.909. The molecule has 0 fully saturated rings. The second-order valence-corrected chi connectivity index (χ2v) is 2.24. The minimum Gasteiger partial charge on any atom is -0.273 e. The molecule has 0 bridgehead atoms. The van der Waals surface area contributed by atoms with Gasteiger partial charge in [-0.3, -0.25) is 4.99 Å². The third-order valence-electron chi connectivity index (χ3n) is 1.46. The first-order chi connectivity index (χ1) is 3.86. The van der Waals surface area contributed by atoms with Crippen LogP contribution in [0.4, 0.5) is 0 Å². The topological polar surface area (TPSA) is 12.4 Å². The van der Waals surface area contributed by atoms with Crippen LogP contribution in [-0.4, -0.2) is 11.8 Å². The highest BCUT2D eigenvalue weighted by atomic mass is 15.0. The van der Waals surface area contributed by atoms with E-state index < -0.39 is 0 Å². The van der Waals surface area contributed by atoms with Crippen LogP contribution in [0.25, 0.3) is 0 Å². The summed E-state index contributed by atoms with van der Waals surface area (Å²) in [4.78, 5) is 4.16. The van der Waals surface area contributed by atoms with Gasteiger partial charge in [-0.25, -0.2) is 0 Å². The summed E-state index contributed by atoms with van der Waals surface area (Å²) < 4.78 is 0. The zero-order valence-corrected chi connectivity index (χ0v) is 4.76. The molecule has 0 spiro atoms. The van der Waals surface area contributed by atoms with Gasteiger partial charge in [0.2, 0.25) is 0 Å². The highest BCUT2D eigenvalue weighted by Crippen LogP contribution is 2.21. The first-order valence-corrected chi connectivity index (χ1v) is 2.80. The summed E-state index contributed by atoms with van der Waals surface area (Å²) in [6.07, 6.45) is 6.36. The van der Waals surface area contributed by atoms with Crippen LogP contribution in [-0.2, 0) is 0 Å². The van der Waals surface area contributed by atoms with Gasteiger partial charge in [0.15, 0.2) is 0 Å². The number of hydrogen-bond acceptors (Lipinski definition) is 1. The Morgan fingerprint density at radius 1 is 1.50 bits per heavy atom. The van der Waals surface area contributed by atoms with E-state index in [1.54, 1.807) is 0 Å². The minimum atomic E-state index is 0.472. The van der Waals surface area contributed by atoms with Crippen molar-refractivity contribution in [2.75, 3.05) is 0 Å². The Morgan fingerprint density at radius 3 is 3.00 bits per heavy atom. The van der Waals surface area contributed by atoms with Crippen molar-refractivity contribution in [3.05, 3.63) is 23.8 Å². The van der Waals surface area contributed by atoms with Crippen molar-refractivity contribution in [2.45, 2.75) is 13.0 Å². The highest BCUT2D eigenvalue weighted by molar-refractivity contribution is 6.11. The quantitative estimate of drug-likeness (QED) is 0.440. The number of hydrogen-bond donors (Lipinski definition) is 0. The predicted octanol–water partition coefficient (Wildman–Crippen LogP) is 1.33. The van der Waals surface area contributed by atoms with Crippen LogP contribution in [0.5, 0.6) is 0 Å². The monoisotopic (exact) mass is 105 g/mol. The Hall–Kier alpha value is -0.850. The van der Waals surface area contributed by atoms with E-state index in [1.807, 2.05) is 0 Å². The van der Waals surface area contributed by atoms with Gasteiger partial charge in [0, 0.05) is 0 Å². The molecule has 1 unspecified atom stereocenters. The van der Waals surface area contributed by atoms with Crippen molar-refractivity contribution >= 4 is 5.71 Å². The SMILES string of the molecule is CC1=CC2N=C2C=C1. The first kappa shape index (κ1) is 4.07. The fraction of sp³-hybridized carbons (Fsp3) is 0.286. The molecule has 0 aromatic carbocycles. The molecule has 0 N–H and O–H groups in total. The molecule has 0 aromatic heterocycles. The molecule has 0 saturated heterocycles. The molecule has 1 heterocycles. The van der Waals surface area contributed by atoms with Gasteiger partial charge < -0.3 is 0 Å². The van der Waals surface area contributed by atoms with Gasteiger partial charge in [-0.2, -0.15) is 0 Å². The lowest BCUT2D eigenvalue weighted by atomic mass is 10.1. The molecule has 0 saturated carbocycles. The Balaban J connectivity index is 2.34. The fourth-order valence-corrected chi connectivity index (χ4v) is 0.909. The molecule has 0 amide bonds. The Kier molecular flexibility index (Phi) is 0.562. The molecule has 1 heteroatoms. The van der Waals surface area contributed by atoms with Crippen molar-refractivity contribution < 1.29 is 0 Å². The summed E-state index contributed by atoms with van der Waals surface area (Å²) in [6.45, 7) is 2.10. The molecule has 8 heavy (non-hydrogen) atoms. The van der Waals surface area contributed by atoms with Crippen LogP contribution >= 0.6 is 0 Å². The smallest absolute Gasteiger partial charge is 0.111 e. The van der Waals surface area contributed by atoms with E-state index in [2.05, 4.69) is 30.1 Å². The normalized spacial score (nSPS) is 30.9. The van der Waals surface area contributed by atoms with Gasteiger partial charge >= 0.3 is 0 Å². The third kappa shape index (κ3) is 0.443. The summed E-state index contributed by atoms with van der Waals surface area (Å²) in [7, 11) is 0. The van der Waals surface area contributed by atoms with E-state index in [0.29, 0.717) is 6.04 Å². The number of rotatable bonds is 0. The lowest BCUT2D eigenvalue weighted by Gasteiger charge is -1.93. The Bertz CT molecular complexity index is 208. The van der Waals surface area contributed by atoms with Gasteiger partial charge in [-0.15, -0.1) is 0 Å². The van der Waals surface area contributed by atoms with Gasteiger partial charge in [0.1, 0.15) is 6.04 Å². The molecule has 1 aliphatic heterocycles. The second kappa shape index (κ2) is 1.10. The predicted molar refractivity (Wildman–Crippen MR) is 34.1 cm³/mol. The Morgan fingerprint density at radius 2 is 2.38 bits per heavy atom. The number of allylic oxidation sites excluding steroid dienone is 2. The van der Waals surface area contributed by atoms with E-state index in [1.165, 1.54) is 11.3 Å². The molecule has 2 rings (SSSR count). The largest absolute Gasteiger partial charge is 0.273 e. The summed E-state index contributed by atoms with van der Waals surface area (Å²) >= 11 is 0. The lowest BCUT2D eigenvalue weighted by molar-refractivity contribution is 1.24. The molecule has 0 aromatic rings. The lowest BCUT2D eigenvalue weighted by Crippen LogP contribution is -1.94. The molecular weight excluding hydrogens is 98.1 g/mol. The standard InChI is InChI=1S/C7H7N/c1-5-2-3-6-7(4-5)8-6/h2-4,7H,1H3. The van der Waals surface area contributed by atoms with Crippen LogP contribution in [0.3, 0.4) is 0 Å². The third-order valence-corrected chi connectivity index (χ3v) is 1.46. The van der Waals surface area contributed by atoms with Crippen molar-refractivity contribution in [1.29, 1.82) is 0 Å². The van der Waals surface area contributed by atoms with E-state index >= 15 is 0 Å². The number of aliphatic imine (C=N–C) groups is 1. The van der Waals surface area contributed by atoms with Crippen molar-refractivity contribution in [1.82, 2.24) is 0 Å². The molecule has 1 atom stereocenters. The van der Waals surface area contributed by atoms with Crippen LogP contribution in [0.1, 0.15) is 6.92 Å². The van der Waals surface area contributed by atoms with Crippen molar-refractivity contribution in [3.63, 3.8) is 0 Å². The summed E-state index contributed by atoms with van der Waals surface area (Å²) in [5, 5.41) is 0. The van der Waals surface area contributed by atoms with Crippen molar-refractivity contribution in [2.24, 2.45) is 4.99 Å². The van der Waals surface area contributed by atoms with Crippen LogP contribution in [0.15, 0.2) is 28.8 Å². The van der Waals surface area contributed by atoms with E-state index in [9.17, 15) is 0 Å². The zero-order chi connectivity index (χ0) is 5.56. The molecule has 40 valence electrons. The van der Waals surface area contributed by atoms with Crippen molar-refractivity contribution in [3.8, 4) is 0 Å².